The predicted octanol–water partition coefficient (Wildman–Crippen LogP) is 0.498. The second kappa shape index (κ2) is 5.07. The number of aromatic amines is 1. The molecule has 1 amide bonds. The van der Waals surface area contributed by atoms with Crippen molar-refractivity contribution in [2.75, 3.05) is 5.32 Å². The lowest BCUT2D eigenvalue weighted by Crippen LogP contribution is -2.17. The number of carbonyl (C=O) groups excluding carboxylic acids is 1. The van der Waals surface area contributed by atoms with Crippen molar-refractivity contribution in [1.82, 2.24) is 15.2 Å². The van der Waals surface area contributed by atoms with Gasteiger partial charge in [0.15, 0.2) is 5.13 Å². The van der Waals surface area contributed by atoms with E-state index in [2.05, 4.69) is 20.5 Å². The molecule has 18 heavy (non-hydrogen) atoms. The van der Waals surface area contributed by atoms with Crippen LogP contribution in [-0.4, -0.2) is 21.1 Å². The van der Waals surface area contributed by atoms with Gasteiger partial charge < -0.3 is 5.73 Å². The largest absolute Gasteiger partial charge is 0.323 e. The van der Waals surface area contributed by atoms with Gasteiger partial charge in [0.25, 0.3) is 11.5 Å². The van der Waals surface area contributed by atoms with E-state index < -0.39 is 5.91 Å². The predicted molar refractivity (Wildman–Crippen MR) is 67.5 cm³/mol. The van der Waals surface area contributed by atoms with Crippen LogP contribution in [0.15, 0.2) is 22.3 Å². The minimum absolute atomic E-state index is 0.118. The number of nitrogens with one attached hydrogen (secondary N) is 2. The maximum atomic E-state index is 11.7. The Balaban J connectivity index is 2.11. The molecule has 0 aromatic carbocycles. The van der Waals surface area contributed by atoms with E-state index in [1.807, 2.05) is 6.92 Å². The van der Waals surface area contributed by atoms with Crippen LogP contribution >= 0.6 is 11.3 Å². The summed E-state index contributed by atoms with van der Waals surface area (Å²) in [6, 6.07) is 2.39. The molecule has 0 saturated heterocycles. The molecular weight excluding hydrogens is 254 g/mol. The molecule has 0 aliphatic carbocycles. The number of hydrogen-bond acceptors (Lipinski definition) is 6. The molecule has 2 aromatic heterocycles. The summed E-state index contributed by atoms with van der Waals surface area (Å²) < 4.78 is 0. The molecule has 0 spiro atoms. The van der Waals surface area contributed by atoms with Crippen molar-refractivity contribution in [3.05, 3.63) is 39.3 Å². The van der Waals surface area contributed by atoms with Gasteiger partial charge in [0.05, 0.1) is 5.69 Å². The third kappa shape index (κ3) is 2.79. The molecule has 0 aliphatic rings. The van der Waals surface area contributed by atoms with Gasteiger partial charge in [0.1, 0.15) is 5.69 Å². The molecule has 2 aromatic rings. The van der Waals surface area contributed by atoms with E-state index in [9.17, 15) is 9.59 Å². The first-order valence-electron chi connectivity index (χ1n) is 5.14. The van der Waals surface area contributed by atoms with E-state index in [1.165, 1.54) is 23.5 Å². The van der Waals surface area contributed by atoms with Gasteiger partial charge in [0.2, 0.25) is 0 Å². The van der Waals surface area contributed by atoms with Crippen LogP contribution in [0, 0.1) is 0 Å². The van der Waals surface area contributed by atoms with Gasteiger partial charge in [-0.2, -0.15) is 5.10 Å². The van der Waals surface area contributed by atoms with Crippen LogP contribution in [-0.2, 0) is 0 Å². The molecule has 2 rings (SSSR count). The maximum absolute atomic E-state index is 11.7. The fourth-order valence-electron chi connectivity index (χ4n) is 1.18. The van der Waals surface area contributed by atoms with Crippen molar-refractivity contribution in [3.63, 3.8) is 0 Å². The molecule has 0 aliphatic heterocycles. The Morgan fingerprint density at radius 1 is 1.56 bits per heavy atom. The van der Waals surface area contributed by atoms with Gasteiger partial charge in [-0.05, 0) is 13.0 Å². The summed E-state index contributed by atoms with van der Waals surface area (Å²) in [5, 5.41) is 10.6. The number of anilines is 1. The average molecular weight is 265 g/mol. The average Bonchev–Trinajstić information content (AvgIpc) is 2.78. The Morgan fingerprint density at radius 2 is 2.33 bits per heavy atom. The quantitative estimate of drug-likeness (QED) is 0.747. The smallest absolute Gasteiger partial charge is 0.277 e. The summed E-state index contributed by atoms with van der Waals surface area (Å²) in [5.41, 5.74) is 6.13. The third-order valence-corrected chi connectivity index (χ3v) is 2.90. The van der Waals surface area contributed by atoms with Gasteiger partial charge in [-0.25, -0.2) is 10.1 Å². The molecule has 8 heteroatoms. The second-order valence-electron chi connectivity index (χ2n) is 3.63. The third-order valence-electron chi connectivity index (χ3n) is 2.12. The highest BCUT2D eigenvalue weighted by Crippen LogP contribution is 2.19. The van der Waals surface area contributed by atoms with Gasteiger partial charge in [0, 0.05) is 17.5 Å². The highest BCUT2D eigenvalue weighted by Gasteiger charge is 2.11. The Kier molecular flexibility index (Phi) is 3.49. The molecule has 0 fully saturated rings. The van der Waals surface area contributed by atoms with Crippen molar-refractivity contribution >= 4 is 22.4 Å². The number of nitrogens with zero attached hydrogens (tertiary/aromatic N) is 2. The van der Waals surface area contributed by atoms with Gasteiger partial charge in [-0.3, -0.25) is 14.9 Å². The molecule has 0 bridgehead atoms. The molecule has 4 N–H and O–H groups in total. The van der Waals surface area contributed by atoms with E-state index >= 15 is 0 Å². The van der Waals surface area contributed by atoms with Crippen molar-refractivity contribution < 1.29 is 4.79 Å². The van der Waals surface area contributed by atoms with Gasteiger partial charge in [-0.1, -0.05) is 0 Å². The molecular formula is C10H11N5O2S. The zero-order chi connectivity index (χ0) is 13.1. The van der Waals surface area contributed by atoms with Crippen molar-refractivity contribution in [2.45, 2.75) is 13.0 Å². The number of carbonyl (C=O) groups is 1. The molecule has 94 valence electrons. The highest BCUT2D eigenvalue weighted by molar-refractivity contribution is 7.14. The first-order chi connectivity index (χ1) is 8.56. The van der Waals surface area contributed by atoms with E-state index in [1.54, 1.807) is 5.38 Å². The van der Waals surface area contributed by atoms with E-state index in [0.29, 0.717) is 10.8 Å². The molecule has 0 saturated carbocycles. The lowest BCUT2D eigenvalue weighted by molar-refractivity contribution is 0.102. The lowest BCUT2D eigenvalue weighted by Gasteiger charge is -2.00. The number of aromatic nitrogens is 3. The van der Waals surface area contributed by atoms with Crippen LogP contribution in [0.2, 0.25) is 0 Å². The first kappa shape index (κ1) is 12.4. The Morgan fingerprint density at radius 3 is 2.89 bits per heavy atom. The zero-order valence-electron chi connectivity index (χ0n) is 9.51. The van der Waals surface area contributed by atoms with E-state index in [4.69, 9.17) is 5.73 Å². The summed E-state index contributed by atoms with van der Waals surface area (Å²) in [6.07, 6.45) is 0. The number of nitrogens with two attached hydrogens (primary N) is 1. The van der Waals surface area contributed by atoms with Crippen molar-refractivity contribution in [3.8, 4) is 0 Å². The number of thiazole rings is 1. The molecule has 7 nitrogen and oxygen atoms in total. The summed E-state index contributed by atoms with van der Waals surface area (Å²) >= 11 is 1.28. The van der Waals surface area contributed by atoms with Crippen LogP contribution in [0.25, 0.3) is 0 Å². The topological polar surface area (TPSA) is 114 Å². The first-order valence-corrected chi connectivity index (χ1v) is 6.02. The highest BCUT2D eigenvalue weighted by atomic mass is 32.1. The molecule has 2 heterocycles. The van der Waals surface area contributed by atoms with Crippen LogP contribution < -0.4 is 16.6 Å². The monoisotopic (exact) mass is 265 g/mol. The van der Waals surface area contributed by atoms with Crippen LogP contribution in [0.4, 0.5) is 5.13 Å². The van der Waals surface area contributed by atoms with Crippen molar-refractivity contribution in [1.29, 1.82) is 0 Å². The van der Waals surface area contributed by atoms with Gasteiger partial charge >= 0.3 is 0 Å². The lowest BCUT2D eigenvalue weighted by atomic mass is 10.3. The summed E-state index contributed by atoms with van der Waals surface area (Å²) in [4.78, 5) is 26.7. The second-order valence-corrected chi connectivity index (χ2v) is 4.48. The Bertz CT molecular complexity index is 598. The molecule has 1 atom stereocenters. The number of rotatable bonds is 3. The van der Waals surface area contributed by atoms with E-state index in [0.717, 1.165) is 0 Å². The number of amides is 1. The Hall–Kier alpha value is -2.06. The van der Waals surface area contributed by atoms with Crippen LogP contribution in [0.3, 0.4) is 0 Å². The van der Waals surface area contributed by atoms with Crippen LogP contribution in [0.5, 0.6) is 0 Å². The summed E-state index contributed by atoms with van der Waals surface area (Å²) in [5.74, 6) is -0.433. The normalized spacial score (nSPS) is 12.1. The van der Waals surface area contributed by atoms with Crippen molar-refractivity contribution in [2.24, 2.45) is 5.73 Å². The van der Waals surface area contributed by atoms with Crippen LogP contribution in [0.1, 0.15) is 29.1 Å². The summed E-state index contributed by atoms with van der Waals surface area (Å²) in [6.45, 7) is 1.81. The van der Waals surface area contributed by atoms with Gasteiger partial charge in [-0.15, -0.1) is 11.3 Å². The minimum Gasteiger partial charge on any atom is -0.323 e. The maximum Gasteiger partial charge on any atom is 0.277 e. The molecule has 0 radical (unpaired) electrons. The number of H-pyrrole nitrogens is 1. The number of hydrogen-bond donors (Lipinski definition) is 3. The van der Waals surface area contributed by atoms with E-state index in [-0.39, 0.29) is 17.3 Å². The molecule has 1 unspecified atom stereocenters. The SMILES string of the molecule is CC(N)c1csc(NC(=O)c2ccc(=O)[nH]n2)n1. The fraction of sp³-hybridized carbons (Fsp3) is 0.200. The fourth-order valence-corrected chi connectivity index (χ4v) is 1.99. The summed E-state index contributed by atoms with van der Waals surface area (Å²) in [7, 11) is 0. The minimum atomic E-state index is -0.433. The Labute approximate surface area is 106 Å². The zero-order valence-corrected chi connectivity index (χ0v) is 10.3. The standard InChI is InChI=1S/C10H11N5O2S/c1-5(11)7-4-18-10(12-7)13-9(17)6-2-3-8(16)15-14-6/h2-5H,11H2,1H3,(H,15,16)(H,12,13,17).